The van der Waals surface area contributed by atoms with E-state index >= 15 is 0 Å². The monoisotopic (exact) mass is 365 g/mol. The zero-order chi connectivity index (χ0) is 21.0. The van der Waals surface area contributed by atoms with Crippen LogP contribution in [0.2, 0.25) is 0 Å². The van der Waals surface area contributed by atoms with Crippen molar-refractivity contribution in [1.29, 1.82) is 0 Å². The summed E-state index contributed by atoms with van der Waals surface area (Å²) in [5.74, 6) is 1.21. The number of rotatable bonds is 6. The largest absolute Gasteiger partial charge is 0.326 e. The minimum absolute atomic E-state index is 0.0520. The van der Waals surface area contributed by atoms with Gasteiger partial charge in [-0.05, 0) is 25.0 Å². The van der Waals surface area contributed by atoms with E-state index in [2.05, 4.69) is 5.32 Å². The van der Waals surface area contributed by atoms with Crippen LogP contribution >= 0.6 is 0 Å². The summed E-state index contributed by atoms with van der Waals surface area (Å²) >= 11 is 0. The molecule has 0 heterocycles. The van der Waals surface area contributed by atoms with E-state index in [0.717, 1.165) is 12.1 Å². The van der Waals surface area contributed by atoms with E-state index in [-0.39, 0.29) is 11.7 Å². The van der Waals surface area contributed by atoms with Gasteiger partial charge in [-0.2, -0.15) is 0 Å². The topological polar surface area (TPSA) is 63.2 Å². The van der Waals surface area contributed by atoms with Gasteiger partial charge in [0.05, 0.1) is 0 Å². The second-order valence-electron chi connectivity index (χ2n) is 5.81. The SMILES string of the molecule is CC.CC(=O)CC(C)C.CCC(=O)CC.CCC(=O)Nc1ccccc1. The molecule has 26 heavy (non-hydrogen) atoms. The van der Waals surface area contributed by atoms with Crippen molar-refractivity contribution in [3.05, 3.63) is 30.3 Å². The Morgan fingerprint density at radius 2 is 1.35 bits per heavy atom. The average molecular weight is 366 g/mol. The number of hydrogen-bond acceptors (Lipinski definition) is 3. The molecule has 1 N–H and O–H groups in total. The minimum atomic E-state index is 0.0520. The molecule has 0 saturated heterocycles. The van der Waals surface area contributed by atoms with E-state index in [0.29, 0.717) is 31.0 Å². The molecule has 0 unspecified atom stereocenters. The summed E-state index contributed by atoms with van der Waals surface area (Å²) in [4.78, 5) is 31.3. The Bertz CT molecular complexity index is 462. The number of carbonyl (C=O) groups excluding carboxylic acids is 3. The van der Waals surface area contributed by atoms with Crippen molar-refractivity contribution in [2.75, 3.05) is 5.32 Å². The number of para-hydroxylation sites is 1. The molecule has 0 aliphatic heterocycles. The second kappa shape index (κ2) is 21.1. The maximum absolute atomic E-state index is 10.9. The van der Waals surface area contributed by atoms with Gasteiger partial charge in [-0.15, -0.1) is 0 Å². The lowest BCUT2D eigenvalue weighted by atomic mass is 10.1. The molecule has 0 aromatic heterocycles. The van der Waals surface area contributed by atoms with Crippen LogP contribution in [-0.2, 0) is 14.4 Å². The molecule has 1 rings (SSSR count). The molecule has 4 nitrogen and oxygen atoms in total. The zero-order valence-electron chi connectivity index (χ0n) is 18.0. The normalized spacial score (nSPS) is 8.65. The van der Waals surface area contributed by atoms with E-state index in [4.69, 9.17) is 0 Å². The van der Waals surface area contributed by atoms with Crippen LogP contribution in [0, 0.1) is 5.92 Å². The lowest BCUT2D eigenvalue weighted by molar-refractivity contribution is -0.119. The molecule has 0 fully saturated rings. The van der Waals surface area contributed by atoms with Crippen molar-refractivity contribution in [2.24, 2.45) is 5.92 Å². The van der Waals surface area contributed by atoms with Gasteiger partial charge in [0, 0.05) is 31.4 Å². The van der Waals surface area contributed by atoms with Gasteiger partial charge in [0.25, 0.3) is 0 Å². The Morgan fingerprint density at radius 3 is 1.58 bits per heavy atom. The van der Waals surface area contributed by atoms with E-state index < -0.39 is 0 Å². The number of anilines is 1. The number of benzene rings is 1. The van der Waals surface area contributed by atoms with Crippen LogP contribution in [0.1, 0.15) is 81.1 Å². The fraction of sp³-hybridized carbons (Fsp3) is 0.591. The van der Waals surface area contributed by atoms with Crippen LogP contribution in [0.4, 0.5) is 5.69 Å². The summed E-state index contributed by atoms with van der Waals surface area (Å²) in [5.41, 5.74) is 0.861. The minimum Gasteiger partial charge on any atom is -0.326 e. The van der Waals surface area contributed by atoms with Gasteiger partial charge in [0.1, 0.15) is 11.6 Å². The molecule has 0 spiro atoms. The maximum atomic E-state index is 10.9. The predicted molar refractivity (Wildman–Crippen MR) is 112 cm³/mol. The Labute approximate surface area is 160 Å². The molecule has 4 heteroatoms. The first-order valence-electron chi connectivity index (χ1n) is 9.62. The summed E-state index contributed by atoms with van der Waals surface area (Å²) in [7, 11) is 0. The third-order valence-electron chi connectivity index (χ3n) is 2.86. The molecule has 1 amide bonds. The van der Waals surface area contributed by atoms with Gasteiger partial charge < -0.3 is 10.1 Å². The maximum Gasteiger partial charge on any atom is 0.224 e. The van der Waals surface area contributed by atoms with Gasteiger partial charge in [0.2, 0.25) is 5.91 Å². The number of nitrogens with one attached hydrogen (secondary N) is 1. The smallest absolute Gasteiger partial charge is 0.224 e. The lowest BCUT2D eigenvalue weighted by Gasteiger charge is -2.00. The Morgan fingerprint density at radius 1 is 0.885 bits per heavy atom. The first-order valence-corrected chi connectivity index (χ1v) is 9.62. The summed E-state index contributed by atoms with van der Waals surface area (Å²) in [5, 5.41) is 2.75. The Hall–Kier alpha value is -1.97. The quantitative estimate of drug-likeness (QED) is 0.666. The zero-order valence-corrected chi connectivity index (χ0v) is 18.0. The van der Waals surface area contributed by atoms with E-state index in [1.165, 1.54) is 0 Å². The van der Waals surface area contributed by atoms with Crippen LogP contribution < -0.4 is 5.32 Å². The number of Topliss-reactive ketones (excluding diaryl/α,β-unsaturated/α-hetero) is 2. The highest BCUT2D eigenvalue weighted by atomic mass is 16.1. The Kier molecular flexibility index (Phi) is 23.4. The number of amides is 1. The van der Waals surface area contributed by atoms with Gasteiger partial charge in [-0.3, -0.25) is 9.59 Å². The Balaban J connectivity index is -0.000000308. The molecule has 1 aromatic rings. The van der Waals surface area contributed by atoms with Crippen molar-refractivity contribution >= 4 is 23.2 Å². The van der Waals surface area contributed by atoms with Crippen LogP contribution in [0.3, 0.4) is 0 Å². The first kappa shape index (κ1) is 28.8. The molecule has 1 aromatic carbocycles. The van der Waals surface area contributed by atoms with E-state index in [9.17, 15) is 14.4 Å². The average Bonchev–Trinajstić information content (AvgIpc) is 2.63. The lowest BCUT2D eigenvalue weighted by Crippen LogP contribution is -2.08. The van der Waals surface area contributed by atoms with Gasteiger partial charge in [-0.25, -0.2) is 0 Å². The molecule has 0 radical (unpaired) electrons. The molecule has 0 aliphatic rings. The van der Waals surface area contributed by atoms with Gasteiger partial charge in [-0.1, -0.05) is 66.7 Å². The fourth-order valence-electron chi connectivity index (χ4n) is 1.60. The van der Waals surface area contributed by atoms with Crippen LogP contribution in [0.5, 0.6) is 0 Å². The molecule has 0 bridgehead atoms. The van der Waals surface area contributed by atoms with Crippen molar-refractivity contribution in [1.82, 2.24) is 0 Å². The highest BCUT2D eigenvalue weighted by Crippen LogP contribution is 2.04. The van der Waals surface area contributed by atoms with Crippen molar-refractivity contribution < 1.29 is 14.4 Å². The third-order valence-corrected chi connectivity index (χ3v) is 2.86. The van der Waals surface area contributed by atoms with Gasteiger partial charge >= 0.3 is 0 Å². The number of hydrogen-bond donors (Lipinski definition) is 1. The molecule has 150 valence electrons. The van der Waals surface area contributed by atoms with Crippen LogP contribution in [0.25, 0.3) is 0 Å². The summed E-state index contributed by atoms with van der Waals surface area (Å²) in [6.45, 7) is 15.3. The number of ketones is 2. The van der Waals surface area contributed by atoms with Gasteiger partial charge in [0.15, 0.2) is 0 Å². The van der Waals surface area contributed by atoms with Crippen LogP contribution in [-0.4, -0.2) is 17.5 Å². The summed E-state index contributed by atoms with van der Waals surface area (Å²) in [6.07, 6.45) is 2.63. The molecular formula is C22H39NO3. The predicted octanol–water partition coefficient (Wildman–Crippen LogP) is 6.06. The van der Waals surface area contributed by atoms with Crippen LogP contribution in [0.15, 0.2) is 30.3 Å². The highest BCUT2D eigenvalue weighted by molar-refractivity contribution is 5.90. The van der Waals surface area contributed by atoms with Crippen molar-refractivity contribution in [3.63, 3.8) is 0 Å². The van der Waals surface area contributed by atoms with Crippen molar-refractivity contribution in [3.8, 4) is 0 Å². The first-order chi connectivity index (χ1) is 12.3. The third kappa shape index (κ3) is 24.3. The fourth-order valence-corrected chi connectivity index (χ4v) is 1.60. The summed E-state index contributed by atoms with van der Waals surface area (Å²) < 4.78 is 0. The molecular weight excluding hydrogens is 326 g/mol. The summed E-state index contributed by atoms with van der Waals surface area (Å²) in [6, 6.07) is 9.44. The highest BCUT2D eigenvalue weighted by Gasteiger charge is 1.96. The van der Waals surface area contributed by atoms with Crippen molar-refractivity contribution in [2.45, 2.75) is 81.1 Å². The standard InChI is InChI=1S/C9H11NO.C6H12O.C5H10O.C2H6/c1-2-9(11)10-8-6-4-3-5-7-8;1-5(2)4-6(3)7;1-3-5(6)4-2;1-2/h3-7H,2H2,1H3,(H,10,11);5H,4H2,1-3H3;3-4H2,1-2H3;1-2H3. The molecule has 0 saturated carbocycles. The van der Waals surface area contributed by atoms with E-state index in [1.807, 2.05) is 78.8 Å². The molecule has 0 aliphatic carbocycles. The molecule has 0 atom stereocenters. The van der Waals surface area contributed by atoms with E-state index in [1.54, 1.807) is 6.92 Å². The second-order valence-corrected chi connectivity index (χ2v) is 5.81. The number of carbonyl (C=O) groups is 3.